The van der Waals surface area contributed by atoms with E-state index in [9.17, 15) is 4.79 Å². The molecule has 2 aromatic heterocycles. The van der Waals surface area contributed by atoms with Crippen LogP contribution < -0.4 is 5.32 Å². The van der Waals surface area contributed by atoms with Gasteiger partial charge in [-0.3, -0.25) is 9.78 Å². The van der Waals surface area contributed by atoms with E-state index in [1.54, 1.807) is 6.20 Å². The number of rotatable bonds is 9. The first-order chi connectivity index (χ1) is 15.7. The average molecular weight is 432 g/mol. The highest BCUT2D eigenvalue weighted by molar-refractivity contribution is 5.89. The zero-order chi connectivity index (χ0) is 22.2. The summed E-state index contributed by atoms with van der Waals surface area (Å²) in [5, 5.41) is 7.61. The Bertz CT molecular complexity index is 964. The van der Waals surface area contributed by atoms with Crippen molar-refractivity contribution in [3.8, 4) is 0 Å². The minimum atomic E-state index is 0.0594. The molecule has 3 aromatic rings. The Hall–Kier alpha value is -2.99. The number of carbonyl (C=O) groups is 1. The predicted molar refractivity (Wildman–Crippen MR) is 127 cm³/mol. The van der Waals surface area contributed by atoms with E-state index < -0.39 is 0 Å². The number of anilines is 1. The zero-order valence-electron chi connectivity index (χ0n) is 18.9. The standard InChI is InChI=1S/C26H33N5O/c1-21(20-23-11-5-6-16-27-23)30-18-14-24(15-19-30)31-25(13-17-28-31)29-26(32)12-7-10-22-8-3-2-4-9-22/h2-6,8-9,11,13,16-17,21,24H,7,10,12,14-15,18-20H2,1H3,(H,29,32)/t21-/m1/s1. The number of piperidine rings is 1. The second-order valence-corrected chi connectivity index (χ2v) is 8.69. The van der Waals surface area contributed by atoms with Crippen LogP contribution >= 0.6 is 0 Å². The molecule has 1 aromatic carbocycles. The summed E-state index contributed by atoms with van der Waals surface area (Å²) in [4.78, 5) is 19.5. The molecule has 1 saturated heterocycles. The highest BCUT2D eigenvalue weighted by atomic mass is 16.1. The number of carbonyl (C=O) groups excluding carboxylic acids is 1. The highest BCUT2D eigenvalue weighted by Gasteiger charge is 2.26. The second kappa shape index (κ2) is 11.0. The molecule has 1 fully saturated rings. The molecule has 1 N–H and O–H groups in total. The van der Waals surface area contributed by atoms with Crippen LogP contribution in [0.15, 0.2) is 67.0 Å². The van der Waals surface area contributed by atoms with Crippen molar-refractivity contribution >= 4 is 11.7 Å². The molecule has 0 saturated carbocycles. The van der Waals surface area contributed by atoms with Crippen molar-refractivity contribution in [2.24, 2.45) is 0 Å². The molecule has 1 aliphatic rings. The van der Waals surface area contributed by atoms with E-state index in [0.717, 1.165) is 56.7 Å². The van der Waals surface area contributed by atoms with E-state index in [2.05, 4.69) is 51.5 Å². The summed E-state index contributed by atoms with van der Waals surface area (Å²) in [6.07, 6.45) is 8.97. The van der Waals surface area contributed by atoms with E-state index in [1.165, 1.54) is 5.56 Å². The van der Waals surface area contributed by atoms with Crippen molar-refractivity contribution in [1.29, 1.82) is 0 Å². The van der Waals surface area contributed by atoms with Crippen LogP contribution in [-0.4, -0.2) is 44.7 Å². The first kappa shape index (κ1) is 22.2. The number of likely N-dealkylation sites (tertiary alicyclic amines) is 1. The average Bonchev–Trinajstić information content (AvgIpc) is 3.28. The molecule has 1 atom stereocenters. The molecule has 0 radical (unpaired) electrons. The number of aryl methyl sites for hydroxylation is 1. The Morgan fingerprint density at radius 3 is 2.59 bits per heavy atom. The van der Waals surface area contributed by atoms with E-state index in [-0.39, 0.29) is 5.91 Å². The normalized spacial score (nSPS) is 16.0. The van der Waals surface area contributed by atoms with Crippen molar-refractivity contribution in [3.63, 3.8) is 0 Å². The number of nitrogens with zero attached hydrogens (tertiary/aromatic N) is 4. The van der Waals surface area contributed by atoms with Gasteiger partial charge in [-0.05, 0) is 50.3 Å². The van der Waals surface area contributed by atoms with Crippen molar-refractivity contribution in [3.05, 3.63) is 78.2 Å². The molecule has 0 aliphatic carbocycles. The lowest BCUT2D eigenvalue weighted by Crippen LogP contribution is -2.41. The van der Waals surface area contributed by atoms with Crippen LogP contribution in [0.2, 0.25) is 0 Å². The third-order valence-corrected chi connectivity index (χ3v) is 6.35. The Labute approximate surface area is 190 Å². The Morgan fingerprint density at radius 1 is 1.06 bits per heavy atom. The van der Waals surface area contributed by atoms with E-state index in [4.69, 9.17) is 0 Å². The molecule has 0 spiro atoms. The first-order valence-corrected chi connectivity index (χ1v) is 11.7. The molecule has 1 aliphatic heterocycles. The minimum absolute atomic E-state index is 0.0594. The summed E-state index contributed by atoms with van der Waals surface area (Å²) in [6.45, 7) is 4.34. The molecule has 6 heteroatoms. The molecule has 6 nitrogen and oxygen atoms in total. The third kappa shape index (κ3) is 6.04. The lowest BCUT2D eigenvalue weighted by atomic mass is 10.0. The predicted octanol–water partition coefficient (Wildman–Crippen LogP) is 4.51. The molecule has 0 unspecified atom stereocenters. The summed E-state index contributed by atoms with van der Waals surface area (Å²) in [6, 6.07) is 19.1. The maximum Gasteiger partial charge on any atom is 0.225 e. The van der Waals surface area contributed by atoms with Crippen LogP contribution in [0.4, 0.5) is 5.82 Å². The van der Waals surface area contributed by atoms with Crippen LogP contribution in [-0.2, 0) is 17.6 Å². The fourth-order valence-corrected chi connectivity index (χ4v) is 4.53. The third-order valence-electron chi connectivity index (χ3n) is 6.35. The van der Waals surface area contributed by atoms with Gasteiger partial charge >= 0.3 is 0 Å². The van der Waals surface area contributed by atoms with Gasteiger partial charge in [0.05, 0.1) is 12.2 Å². The second-order valence-electron chi connectivity index (χ2n) is 8.69. The maximum absolute atomic E-state index is 12.5. The molecule has 0 bridgehead atoms. The van der Waals surface area contributed by atoms with Gasteiger partial charge in [0.15, 0.2) is 0 Å². The van der Waals surface area contributed by atoms with Gasteiger partial charge < -0.3 is 10.2 Å². The lowest BCUT2D eigenvalue weighted by Gasteiger charge is -2.36. The molecule has 32 heavy (non-hydrogen) atoms. The molecule has 1 amide bonds. The van der Waals surface area contributed by atoms with Crippen LogP contribution in [0.1, 0.15) is 49.9 Å². The molecule has 3 heterocycles. The van der Waals surface area contributed by atoms with Gasteiger partial charge in [0.25, 0.3) is 0 Å². The number of hydrogen-bond donors (Lipinski definition) is 1. The number of nitrogens with one attached hydrogen (secondary N) is 1. The Balaban J connectivity index is 1.24. The Morgan fingerprint density at radius 2 is 1.84 bits per heavy atom. The first-order valence-electron chi connectivity index (χ1n) is 11.7. The monoisotopic (exact) mass is 431 g/mol. The number of aromatic nitrogens is 3. The van der Waals surface area contributed by atoms with Crippen molar-refractivity contribution in [2.45, 2.75) is 57.5 Å². The molecular weight excluding hydrogens is 398 g/mol. The minimum Gasteiger partial charge on any atom is -0.311 e. The lowest BCUT2D eigenvalue weighted by molar-refractivity contribution is -0.116. The summed E-state index contributed by atoms with van der Waals surface area (Å²) >= 11 is 0. The van der Waals surface area contributed by atoms with Crippen LogP contribution in [0.5, 0.6) is 0 Å². The van der Waals surface area contributed by atoms with Gasteiger partial charge in [0, 0.05) is 49.9 Å². The quantitative estimate of drug-likeness (QED) is 0.542. The Kier molecular flexibility index (Phi) is 7.67. The zero-order valence-corrected chi connectivity index (χ0v) is 18.9. The number of pyridine rings is 1. The molecule has 168 valence electrons. The topological polar surface area (TPSA) is 63.1 Å². The van der Waals surface area contributed by atoms with Crippen molar-refractivity contribution in [1.82, 2.24) is 19.7 Å². The van der Waals surface area contributed by atoms with E-state index >= 15 is 0 Å². The summed E-state index contributed by atoms with van der Waals surface area (Å²) in [7, 11) is 0. The van der Waals surface area contributed by atoms with Crippen molar-refractivity contribution in [2.75, 3.05) is 18.4 Å². The van der Waals surface area contributed by atoms with Crippen LogP contribution in [0.3, 0.4) is 0 Å². The van der Waals surface area contributed by atoms with Gasteiger partial charge in [-0.1, -0.05) is 36.4 Å². The molecular formula is C26H33N5O. The van der Waals surface area contributed by atoms with E-state index in [1.807, 2.05) is 41.2 Å². The largest absolute Gasteiger partial charge is 0.311 e. The molecule has 4 rings (SSSR count). The van der Waals surface area contributed by atoms with E-state index in [0.29, 0.717) is 18.5 Å². The highest BCUT2D eigenvalue weighted by Crippen LogP contribution is 2.27. The van der Waals surface area contributed by atoms with Gasteiger partial charge in [-0.2, -0.15) is 5.10 Å². The van der Waals surface area contributed by atoms with Gasteiger partial charge in [0.1, 0.15) is 5.82 Å². The number of amides is 1. The summed E-state index contributed by atoms with van der Waals surface area (Å²) in [5.74, 6) is 0.874. The van der Waals surface area contributed by atoms with Gasteiger partial charge in [0.2, 0.25) is 5.91 Å². The SMILES string of the molecule is C[C@H](Cc1ccccn1)N1CCC(n2nccc2NC(=O)CCCc2ccccc2)CC1. The number of benzene rings is 1. The smallest absolute Gasteiger partial charge is 0.225 e. The van der Waals surface area contributed by atoms with Crippen LogP contribution in [0.25, 0.3) is 0 Å². The summed E-state index contributed by atoms with van der Waals surface area (Å²) in [5.41, 5.74) is 2.42. The fraction of sp³-hybridized carbons (Fsp3) is 0.423. The summed E-state index contributed by atoms with van der Waals surface area (Å²) < 4.78 is 2.01. The fourth-order valence-electron chi connectivity index (χ4n) is 4.53. The van der Waals surface area contributed by atoms with Crippen molar-refractivity contribution < 1.29 is 4.79 Å². The van der Waals surface area contributed by atoms with Gasteiger partial charge in [-0.15, -0.1) is 0 Å². The van der Waals surface area contributed by atoms with Crippen LogP contribution in [0, 0.1) is 0 Å². The number of hydrogen-bond acceptors (Lipinski definition) is 4. The van der Waals surface area contributed by atoms with Gasteiger partial charge in [-0.25, -0.2) is 4.68 Å². The maximum atomic E-state index is 12.5.